The molecule has 0 nitrogen and oxygen atoms in total. The van der Waals surface area contributed by atoms with E-state index in [0.29, 0.717) is 12.1 Å². The number of hydrogen-bond donors (Lipinski definition) is 0. The number of hydrogen-bond acceptors (Lipinski definition) is 0. The van der Waals surface area contributed by atoms with E-state index in [1.165, 1.54) is 0 Å². The van der Waals surface area contributed by atoms with Gasteiger partial charge >= 0.3 is 24.2 Å². The van der Waals surface area contributed by atoms with E-state index in [1.54, 1.807) is 0 Å². The Morgan fingerprint density at radius 3 is 1.23 bits per heavy atom. The molecule has 0 saturated heterocycles. The molecule has 0 fully saturated rings. The predicted molar refractivity (Wildman–Crippen MR) is 51.2 cm³/mol. The fourth-order valence-corrected chi connectivity index (χ4v) is 1.59. The number of rotatable bonds is 3. The zero-order chi connectivity index (χ0) is 17.6. The summed E-state index contributed by atoms with van der Waals surface area (Å²) in [6.07, 6.45) is -13.8. The maximum atomic E-state index is 14.0. The summed E-state index contributed by atoms with van der Waals surface area (Å²) in [5, 5.41) is 0. The van der Waals surface area contributed by atoms with Gasteiger partial charge in [0.15, 0.2) is 0 Å². The average Bonchev–Trinajstić information content (AvgIpc) is 2.35. The molecular weight excluding hydrogens is 341 g/mol. The average molecular weight is 346 g/mol. The molecule has 0 bridgehead atoms. The van der Waals surface area contributed by atoms with Gasteiger partial charge in [-0.05, 0) is 0 Å². The van der Waals surface area contributed by atoms with Crippen LogP contribution < -0.4 is 0 Å². The molecule has 0 heterocycles. The zero-order valence-electron chi connectivity index (χ0n) is 10.0. The Balaban J connectivity index is 3.68. The molecule has 0 amide bonds. The van der Waals surface area contributed by atoms with Crippen molar-refractivity contribution in [2.75, 3.05) is 0 Å². The first-order valence-corrected chi connectivity index (χ1v) is 5.24. The van der Waals surface area contributed by atoms with Crippen molar-refractivity contribution < 1.29 is 48.3 Å². The molecule has 1 atom stereocenters. The molecule has 0 radical (unpaired) electrons. The van der Waals surface area contributed by atoms with E-state index >= 15 is 0 Å². The van der Waals surface area contributed by atoms with Crippen LogP contribution in [0, 0.1) is 0 Å². The Hall–Kier alpha value is -1.55. The Bertz CT molecular complexity index is 513. The van der Waals surface area contributed by atoms with Crippen LogP contribution in [0.3, 0.4) is 0 Å². The standard InChI is InChI=1S/C11H5F11/c12-7(10(17,18)19,6-4-2-1-3-5-6)8(13,14)9(15,16)11(20,21)22/h1-5H. The predicted octanol–water partition coefficient (Wildman–Crippen LogP) is 5.25. The highest BCUT2D eigenvalue weighted by Gasteiger charge is 2.86. The largest absolute Gasteiger partial charge is 0.460 e. The lowest BCUT2D eigenvalue weighted by atomic mass is 9.84. The fraction of sp³-hybridized carbons (Fsp3) is 0.455. The van der Waals surface area contributed by atoms with E-state index in [1.807, 2.05) is 0 Å². The van der Waals surface area contributed by atoms with Gasteiger partial charge in [0.05, 0.1) is 0 Å². The minimum absolute atomic E-state index is 0.0356. The molecule has 0 aliphatic rings. The number of benzene rings is 1. The van der Waals surface area contributed by atoms with E-state index < -0.39 is 35.4 Å². The van der Waals surface area contributed by atoms with E-state index in [-0.39, 0.29) is 12.1 Å². The van der Waals surface area contributed by atoms with Gasteiger partial charge < -0.3 is 0 Å². The third-order valence-electron chi connectivity index (χ3n) is 2.75. The van der Waals surface area contributed by atoms with Crippen LogP contribution in [-0.4, -0.2) is 24.2 Å². The molecule has 0 spiro atoms. The van der Waals surface area contributed by atoms with Crippen LogP contribution in [0.15, 0.2) is 30.3 Å². The van der Waals surface area contributed by atoms with Crippen LogP contribution in [0.4, 0.5) is 48.3 Å². The zero-order valence-corrected chi connectivity index (χ0v) is 10.0. The van der Waals surface area contributed by atoms with Gasteiger partial charge in [-0.1, -0.05) is 30.3 Å². The van der Waals surface area contributed by atoms with Crippen molar-refractivity contribution in [2.24, 2.45) is 0 Å². The first-order valence-electron chi connectivity index (χ1n) is 5.24. The molecular formula is C11H5F11. The molecule has 11 heteroatoms. The first kappa shape index (κ1) is 18.5. The molecule has 1 aromatic rings. The summed E-state index contributed by atoms with van der Waals surface area (Å²) in [7, 11) is 0. The monoisotopic (exact) mass is 346 g/mol. The normalized spacial score (nSPS) is 17.2. The maximum Gasteiger partial charge on any atom is 0.460 e. The SMILES string of the molecule is FC(F)(F)C(F)(F)C(F)(F)C(F)(c1ccccc1)C(F)(F)F. The fourth-order valence-electron chi connectivity index (χ4n) is 1.59. The lowest BCUT2D eigenvalue weighted by Crippen LogP contribution is -2.65. The minimum atomic E-state index is -7.25. The molecule has 0 aliphatic carbocycles. The summed E-state index contributed by atoms with van der Waals surface area (Å²) in [6, 6.07) is 2.16. The lowest BCUT2D eigenvalue weighted by molar-refractivity contribution is -0.415. The van der Waals surface area contributed by atoms with E-state index in [4.69, 9.17) is 0 Å². The molecule has 126 valence electrons. The summed E-state index contributed by atoms with van der Waals surface area (Å²) in [5.74, 6) is -14.4. The second-order valence-corrected chi connectivity index (χ2v) is 4.17. The highest BCUT2D eigenvalue weighted by Crippen LogP contribution is 2.61. The van der Waals surface area contributed by atoms with E-state index in [2.05, 4.69) is 0 Å². The molecule has 0 saturated carbocycles. The third-order valence-corrected chi connectivity index (χ3v) is 2.75. The highest BCUT2D eigenvalue weighted by atomic mass is 19.4. The highest BCUT2D eigenvalue weighted by molar-refractivity contribution is 5.29. The molecule has 22 heavy (non-hydrogen) atoms. The summed E-state index contributed by atoms with van der Waals surface area (Å²) in [4.78, 5) is 0. The van der Waals surface area contributed by atoms with Crippen molar-refractivity contribution in [3.63, 3.8) is 0 Å². The van der Waals surface area contributed by atoms with Gasteiger partial charge in [0.25, 0.3) is 5.67 Å². The van der Waals surface area contributed by atoms with Crippen molar-refractivity contribution in [3.8, 4) is 0 Å². The summed E-state index contributed by atoms with van der Waals surface area (Å²) in [6.45, 7) is 0. The van der Waals surface area contributed by atoms with E-state index in [0.717, 1.165) is 6.07 Å². The van der Waals surface area contributed by atoms with Gasteiger partial charge in [-0.15, -0.1) is 0 Å². The van der Waals surface area contributed by atoms with Crippen LogP contribution in [0.25, 0.3) is 0 Å². The first-order chi connectivity index (χ1) is 9.61. The quantitative estimate of drug-likeness (QED) is 0.656. The Morgan fingerprint density at radius 1 is 0.500 bits per heavy atom. The molecule has 1 unspecified atom stereocenters. The van der Waals surface area contributed by atoms with Gasteiger partial charge in [0.2, 0.25) is 0 Å². The van der Waals surface area contributed by atoms with Crippen LogP contribution in [-0.2, 0) is 5.67 Å². The van der Waals surface area contributed by atoms with Crippen LogP contribution in [0.2, 0.25) is 0 Å². The van der Waals surface area contributed by atoms with Crippen LogP contribution >= 0.6 is 0 Å². The van der Waals surface area contributed by atoms with Gasteiger partial charge in [0.1, 0.15) is 0 Å². The molecule has 0 N–H and O–H groups in total. The molecule has 0 aromatic heterocycles. The van der Waals surface area contributed by atoms with Gasteiger partial charge in [-0.25, -0.2) is 4.39 Å². The van der Waals surface area contributed by atoms with Crippen molar-refractivity contribution in [2.45, 2.75) is 29.9 Å². The Morgan fingerprint density at radius 2 is 0.909 bits per heavy atom. The number of halogens is 11. The summed E-state index contributed by atoms with van der Waals surface area (Å²) < 4.78 is 140. The van der Waals surface area contributed by atoms with Crippen molar-refractivity contribution in [1.29, 1.82) is 0 Å². The lowest BCUT2D eigenvalue weighted by Gasteiger charge is -2.39. The second-order valence-electron chi connectivity index (χ2n) is 4.17. The summed E-state index contributed by atoms with van der Waals surface area (Å²) >= 11 is 0. The topological polar surface area (TPSA) is 0 Å². The van der Waals surface area contributed by atoms with Gasteiger partial charge in [-0.3, -0.25) is 0 Å². The Labute approximate surface area is 115 Å². The van der Waals surface area contributed by atoms with Crippen LogP contribution in [0.1, 0.15) is 5.56 Å². The molecule has 1 rings (SSSR count). The second kappa shape index (κ2) is 4.98. The Kier molecular flexibility index (Phi) is 4.19. The smallest absolute Gasteiger partial charge is 0.221 e. The minimum Gasteiger partial charge on any atom is -0.221 e. The van der Waals surface area contributed by atoms with Gasteiger partial charge in [-0.2, -0.15) is 43.9 Å². The van der Waals surface area contributed by atoms with Crippen molar-refractivity contribution in [1.82, 2.24) is 0 Å². The van der Waals surface area contributed by atoms with Gasteiger partial charge in [0, 0.05) is 5.56 Å². The number of alkyl halides is 11. The molecule has 1 aromatic carbocycles. The summed E-state index contributed by atoms with van der Waals surface area (Å²) in [5.41, 5.74) is -8.31. The van der Waals surface area contributed by atoms with Crippen molar-refractivity contribution >= 4 is 0 Å². The van der Waals surface area contributed by atoms with Crippen molar-refractivity contribution in [3.05, 3.63) is 35.9 Å². The third kappa shape index (κ3) is 2.39. The molecule has 0 aliphatic heterocycles. The maximum absolute atomic E-state index is 14.0. The van der Waals surface area contributed by atoms with Crippen LogP contribution in [0.5, 0.6) is 0 Å². The van der Waals surface area contributed by atoms with E-state index in [9.17, 15) is 48.3 Å².